The number of rotatable bonds is 3. The maximum absolute atomic E-state index is 13.4. The fourth-order valence-electron chi connectivity index (χ4n) is 5.07. The van der Waals surface area contributed by atoms with Crippen LogP contribution in [0.1, 0.15) is 48.5 Å². The summed E-state index contributed by atoms with van der Waals surface area (Å²) in [5, 5.41) is 2.15. The third kappa shape index (κ3) is 3.36. The van der Waals surface area contributed by atoms with Gasteiger partial charge in [0.1, 0.15) is 0 Å². The van der Waals surface area contributed by atoms with Gasteiger partial charge < -0.3 is 4.90 Å². The zero-order valence-corrected chi connectivity index (χ0v) is 18.0. The molecule has 31 heavy (non-hydrogen) atoms. The number of hydrogen-bond acceptors (Lipinski definition) is 2. The van der Waals surface area contributed by atoms with Crippen LogP contribution in [0.25, 0.3) is 10.8 Å². The number of carbonyl (C=O) groups is 2. The van der Waals surface area contributed by atoms with E-state index < -0.39 is 0 Å². The summed E-state index contributed by atoms with van der Waals surface area (Å²) < 4.78 is 2.12. The highest BCUT2D eigenvalue weighted by atomic mass is 16.2. The number of likely N-dealkylation sites (tertiary alicyclic amines) is 1. The molecule has 2 aliphatic heterocycles. The van der Waals surface area contributed by atoms with Crippen molar-refractivity contribution in [3.05, 3.63) is 71.8 Å². The minimum atomic E-state index is -0.188. The van der Waals surface area contributed by atoms with E-state index >= 15 is 0 Å². The highest BCUT2D eigenvalue weighted by Gasteiger charge is 2.41. The molecule has 156 valence electrons. The van der Waals surface area contributed by atoms with Crippen molar-refractivity contribution in [2.24, 2.45) is 5.92 Å². The third-order valence-corrected chi connectivity index (χ3v) is 6.63. The standard InChI is InChI=1S/C27H27N2O2/c1-18-17-29(25-16-21-10-4-3-9-20(21)15-23(25)19(2)30)24-12-6-5-11-22(24)26(18)27(31)28-13-7-8-14-28/h3-6,9-12,15-18,26H,7-8,13-14H2,1-2H3/q+1. The fourth-order valence-corrected chi connectivity index (χ4v) is 5.07. The van der Waals surface area contributed by atoms with Crippen molar-refractivity contribution in [2.75, 3.05) is 13.1 Å². The quantitative estimate of drug-likeness (QED) is 0.433. The van der Waals surface area contributed by atoms with Crippen molar-refractivity contribution in [2.45, 2.75) is 32.6 Å². The molecule has 0 bridgehead atoms. The van der Waals surface area contributed by atoms with Gasteiger partial charge in [-0.05, 0) is 36.6 Å². The number of nitrogens with zero attached hydrogens (tertiary/aromatic N) is 2. The van der Waals surface area contributed by atoms with Gasteiger partial charge in [-0.2, -0.15) is 4.58 Å². The van der Waals surface area contributed by atoms with Crippen LogP contribution in [0.15, 0.2) is 60.7 Å². The Hall–Kier alpha value is -3.27. The van der Waals surface area contributed by atoms with E-state index in [4.69, 9.17) is 0 Å². The summed E-state index contributed by atoms with van der Waals surface area (Å²) in [4.78, 5) is 28.0. The van der Waals surface area contributed by atoms with Crippen molar-refractivity contribution in [1.82, 2.24) is 9.48 Å². The number of hydrogen-bond donors (Lipinski definition) is 0. The molecule has 3 aromatic carbocycles. The van der Waals surface area contributed by atoms with Gasteiger partial charge in [-0.15, -0.1) is 0 Å². The van der Waals surface area contributed by atoms with Crippen LogP contribution in [0.3, 0.4) is 0 Å². The summed E-state index contributed by atoms with van der Waals surface area (Å²) in [5.74, 6) is 0.0919. The second-order valence-electron chi connectivity index (χ2n) is 8.72. The predicted octanol–water partition coefficient (Wildman–Crippen LogP) is 5.30. The summed E-state index contributed by atoms with van der Waals surface area (Å²) in [6.07, 6.45) is 4.30. The first-order valence-electron chi connectivity index (χ1n) is 11.1. The number of carbonyl (C=O) groups excluding carboxylic acids is 2. The minimum Gasteiger partial charge on any atom is -0.342 e. The van der Waals surface area contributed by atoms with Gasteiger partial charge in [-0.1, -0.05) is 49.4 Å². The first kappa shape index (κ1) is 19.7. The summed E-state index contributed by atoms with van der Waals surface area (Å²) in [6.45, 7) is 5.43. The predicted molar refractivity (Wildman–Crippen MR) is 126 cm³/mol. The lowest BCUT2D eigenvalue weighted by Gasteiger charge is -2.29. The SMILES string of the molecule is CC(=O)c1cc2ccccc2cc1[N+]1=CC(C)C(C(=O)N2CCCC2)c2ccccc21. The lowest BCUT2D eigenvalue weighted by molar-refractivity contribution is -0.132. The largest absolute Gasteiger partial charge is 0.342 e. The monoisotopic (exact) mass is 411 g/mol. The molecule has 0 aromatic heterocycles. The first-order valence-corrected chi connectivity index (χ1v) is 11.1. The lowest BCUT2D eigenvalue weighted by Crippen LogP contribution is -2.38. The van der Waals surface area contributed by atoms with Gasteiger partial charge in [0.25, 0.3) is 0 Å². The Labute approximate surface area is 182 Å². The summed E-state index contributed by atoms with van der Waals surface area (Å²) in [5.41, 5.74) is 3.59. The fraction of sp³-hybridized carbons (Fsp3) is 0.296. The number of para-hydroxylation sites is 1. The Bertz CT molecular complexity index is 1220. The van der Waals surface area contributed by atoms with Crippen LogP contribution in [0.2, 0.25) is 0 Å². The molecule has 2 atom stereocenters. The molecule has 0 aliphatic carbocycles. The van der Waals surface area contributed by atoms with E-state index in [-0.39, 0.29) is 23.5 Å². The van der Waals surface area contributed by atoms with Crippen LogP contribution in [0.5, 0.6) is 0 Å². The van der Waals surface area contributed by atoms with E-state index in [1.807, 2.05) is 41.3 Å². The molecule has 2 unspecified atom stereocenters. The van der Waals surface area contributed by atoms with Crippen molar-refractivity contribution in [1.29, 1.82) is 0 Å². The molecule has 0 saturated carbocycles. The number of fused-ring (bicyclic) bond motifs is 2. The van der Waals surface area contributed by atoms with Crippen LogP contribution in [0.4, 0.5) is 11.4 Å². The Balaban J connectivity index is 1.68. The van der Waals surface area contributed by atoms with Gasteiger partial charge >= 0.3 is 0 Å². The molecule has 4 nitrogen and oxygen atoms in total. The average Bonchev–Trinajstić information content (AvgIpc) is 3.32. The van der Waals surface area contributed by atoms with Crippen molar-refractivity contribution >= 4 is 40.1 Å². The van der Waals surface area contributed by atoms with Gasteiger partial charge in [0.15, 0.2) is 12.0 Å². The molecule has 2 aliphatic rings. The smallest absolute Gasteiger partial charge is 0.231 e. The molecular weight excluding hydrogens is 384 g/mol. The first-order chi connectivity index (χ1) is 15.0. The van der Waals surface area contributed by atoms with Gasteiger partial charge in [0, 0.05) is 30.8 Å². The van der Waals surface area contributed by atoms with E-state index in [0.717, 1.165) is 53.6 Å². The molecule has 2 heterocycles. The van der Waals surface area contributed by atoms with Crippen LogP contribution < -0.4 is 4.58 Å². The van der Waals surface area contributed by atoms with Gasteiger partial charge in [-0.25, -0.2) is 0 Å². The molecule has 0 spiro atoms. The second kappa shape index (κ2) is 7.77. The molecule has 1 amide bonds. The zero-order valence-electron chi connectivity index (χ0n) is 18.0. The van der Waals surface area contributed by atoms with E-state index in [9.17, 15) is 9.59 Å². The third-order valence-electron chi connectivity index (χ3n) is 6.63. The van der Waals surface area contributed by atoms with Crippen molar-refractivity contribution in [3.8, 4) is 0 Å². The summed E-state index contributed by atoms with van der Waals surface area (Å²) in [7, 11) is 0. The molecule has 0 N–H and O–H groups in total. The van der Waals surface area contributed by atoms with Crippen LogP contribution in [-0.2, 0) is 4.79 Å². The van der Waals surface area contributed by atoms with Gasteiger partial charge in [0.2, 0.25) is 17.3 Å². The van der Waals surface area contributed by atoms with Gasteiger partial charge in [0.05, 0.1) is 17.4 Å². The molecule has 0 radical (unpaired) electrons. The zero-order chi connectivity index (χ0) is 21.5. The van der Waals surface area contributed by atoms with Crippen LogP contribution in [0, 0.1) is 5.92 Å². The molecule has 3 aromatic rings. The Morgan fingerprint density at radius 2 is 1.55 bits per heavy atom. The number of amides is 1. The van der Waals surface area contributed by atoms with Crippen molar-refractivity contribution < 1.29 is 9.59 Å². The van der Waals surface area contributed by atoms with E-state index in [1.54, 1.807) is 6.92 Å². The Morgan fingerprint density at radius 3 is 2.26 bits per heavy atom. The van der Waals surface area contributed by atoms with E-state index in [0.29, 0.717) is 5.56 Å². The summed E-state index contributed by atoms with van der Waals surface area (Å²) >= 11 is 0. The Kier molecular flexibility index (Phi) is 4.93. The highest BCUT2D eigenvalue weighted by Crippen LogP contribution is 2.40. The topological polar surface area (TPSA) is 40.4 Å². The minimum absolute atomic E-state index is 0.0225. The molecule has 5 rings (SSSR count). The van der Waals surface area contributed by atoms with Crippen molar-refractivity contribution in [3.63, 3.8) is 0 Å². The Morgan fingerprint density at radius 1 is 0.903 bits per heavy atom. The normalized spacial score (nSPS) is 20.5. The maximum Gasteiger partial charge on any atom is 0.231 e. The van der Waals surface area contributed by atoms with Crippen LogP contribution in [-0.4, -0.2) is 35.9 Å². The van der Waals surface area contributed by atoms with Crippen LogP contribution >= 0.6 is 0 Å². The number of ketones is 1. The maximum atomic E-state index is 13.4. The van der Waals surface area contributed by atoms with Gasteiger partial charge in [-0.3, -0.25) is 9.59 Å². The number of Topliss-reactive ketones (excluding diaryl/α,β-unsaturated/α-hetero) is 1. The average molecular weight is 412 g/mol. The highest BCUT2D eigenvalue weighted by molar-refractivity contribution is 6.05. The lowest BCUT2D eigenvalue weighted by atomic mass is 9.82. The molecule has 1 saturated heterocycles. The summed E-state index contributed by atoms with van der Waals surface area (Å²) in [6, 6.07) is 20.3. The number of benzene rings is 3. The molecular formula is C27H27N2O2+. The molecule has 4 heteroatoms. The molecule has 1 fully saturated rings. The second-order valence-corrected chi connectivity index (χ2v) is 8.72. The van der Waals surface area contributed by atoms with E-state index in [2.05, 4.69) is 42.0 Å². The van der Waals surface area contributed by atoms with E-state index in [1.165, 1.54) is 0 Å².